The van der Waals surface area contributed by atoms with Crippen LogP contribution in [0.2, 0.25) is 0 Å². The predicted molar refractivity (Wildman–Crippen MR) is 75.3 cm³/mol. The summed E-state index contributed by atoms with van der Waals surface area (Å²) in [5.41, 5.74) is 1.82. The minimum absolute atomic E-state index is 0.156. The lowest BCUT2D eigenvalue weighted by atomic mass is 10.0. The van der Waals surface area contributed by atoms with Crippen LogP contribution in [0.4, 0.5) is 0 Å². The largest absolute Gasteiger partial charge is 0.480 e. The molecule has 0 bridgehead atoms. The number of hydrogen-bond donors (Lipinski definition) is 2. The van der Waals surface area contributed by atoms with E-state index in [2.05, 4.69) is 5.32 Å². The van der Waals surface area contributed by atoms with Crippen molar-refractivity contribution in [1.82, 2.24) is 5.32 Å². The summed E-state index contributed by atoms with van der Waals surface area (Å²) in [5, 5.41) is 11.6. The second kappa shape index (κ2) is 7.65. The van der Waals surface area contributed by atoms with Crippen LogP contribution in [-0.4, -0.2) is 30.1 Å². The lowest BCUT2D eigenvalue weighted by Crippen LogP contribution is -2.44. The number of carboxylic acid groups (broad SMARTS) is 1. The number of hydrogen-bond acceptors (Lipinski definition) is 3. The van der Waals surface area contributed by atoms with Gasteiger partial charge in [-0.3, -0.25) is 4.79 Å². The van der Waals surface area contributed by atoms with E-state index < -0.39 is 12.0 Å². The minimum atomic E-state index is -1.01. The van der Waals surface area contributed by atoms with Crippen LogP contribution in [0.5, 0.6) is 0 Å². The van der Waals surface area contributed by atoms with E-state index in [0.717, 1.165) is 11.1 Å². The Bertz CT molecular complexity index is 471. The summed E-state index contributed by atoms with van der Waals surface area (Å²) >= 11 is 0. The Balaban J connectivity index is 2.66. The van der Waals surface area contributed by atoms with Gasteiger partial charge in [0.1, 0.15) is 6.04 Å². The molecule has 0 radical (unpaired) electrons. The SMILES string of the molecule is COCc1cccc(CC(=O)N[C@H](C(=O)O)C(C)C)c1. The fourth-order valence-electron chi connectivity index (χ4n) is 1.92. The zero-order chi connectivity index (χ0) is 15.1. The van der Waals surface area contributed by atoms with Crippen LogP contribution >= 0.6 is 0 Å². The Morgan fingerprint density at radius 3 is 2.50 bits per heavy atom. The second-order valence-corrected chi connectivity index (χ2v) is 5.06. The van der Waals surface area contributed by atoms with E-state index in [1.165, 1.54) is 0 Å². The zero-order valence-electron chi connectivity index (χ0n) is 12.1. The molecule has 5 heteroatoms. The average molecular weight is 279 g/mol. The molecule has 110 valence electrons. The fraction of sp³-hybridized carbons (Fsp3) is 0.467. The molecule has 1 aromatic rings. The van der Waals surface area contributed by atoms with Gasteiger partial charge in [0.2, 0.25) is 5.91 Å². The average Bonchev–Trinajstić information content (AvgIpc) is 2.36. The molecule has 0 unspecified atom stereocenters. The molecule has 1 amide bonds. The smallest absolute Gasteiger partial charge is 0.326 e. The Kier molecular flexibility index (Phi) is 6.18. The summed E-state index contributed by atoms with van der Waals surface area (Å²) in [5.74, 6) is -1.46. The molecule has 1 rings (SSSR count). The van der Waals surface area contributed by atoms with Gasteiger partial charge < -0.3 is 15.2 Å². The zero-order valence-corrected chi connectivity index (χ0v) is 12.1. The van der Waals surface area contributed by atoms with Gasteiger partial charge in [0, 0.05) is 7.11 Å². The van der Waals surface area contributed by atoms with E-state index >= 15 is 0 Å². The molecule has 1 atom stereocenters. The number of rotatable bonds is 7. The number of carboxylic acids is 1. The molecule has 0 aliphatic rings. The van der Waals surface area contributed by atoms with Gasteiger partial charge in [-0.15, -0.1) is 0 Å². The lowest BCUT2D eigenvalue weighted by molar-refractivity contribution is -0.143. The van der Waals surface area contributed by atoms with Crippen molar-refractivity contribution in [3.8, 4) is 0 Å². The third-order valence-corrected chi connectivity index (χ3v) is 2.92. The standard InChI is InChI=1S/C15H21NO4/c1-10(2)14(15(18)19)16-13(17)8-11-5-4-6-12(7-11)9-20-3/h4-7,10,14H,8-9H2,1-3H3,(H,16,17)(H,18,19)/t14-/m0/s1. The van der Waals surface area contributed by atoms with Crippen molar-refractivity contribution in [3.05, 3.63) is 35.4 Å². The van der Waals surface area contributed by atoms with Crippen LogP contribution in [0.3, 0.4) is 0 Å². The number of ether oxygens (including phenoxy) is 1. The molecule has 5 nitrogen and oxygen atoms in total. The maximum Gasteiger partial charge on any atom is 0.326 e. The van der Waals surface area contributed by atoms with Crippen LogP contribution in [0.1, 0.15) is 25.0 Å². The highest BCUT2D eigenvalue weighted by Crippen LogP contribution is 2.08. The van der Waals surface area contributed by atoms with Crippen LogP contribution in [0, 0.1) is 5.92 Å². The van der Waals surface area contributed by atoms with Gasteiger partial charge in [0.15, 0.2) is 0 Å². The second-order valence-electron chi connectivity index (χ2n) is 5.06. The maximum absolute atomic E-state index is 11.9. The maximum atomic E-state index is 11.9. The summed E-state index contributed by atoms with van der Waals surface area (Å²) in [7, 11) is 1.61. The van der Waals surface area contributed by atoms with E-state index in [0.29, 0.717) is 6.61 Å². The molecule has 0 saturated heterocycles. The third-order valence-electron chi connectivity index (χ3n) is 2.92. The van der Waals surface area contributed by atoms with Gasteiger partial charge >= 0.3 is 5.97 Å². The number of aliphatic carboxylic acids is 1. The van der Waals surface area contributed by atoms with E-state index in [1.807, 2.05) is 24.3 Å². The van der Waals surface area contributed by atoms with Crippen molar-refractivity contribution in [3.63, 3.8) is 0 Å². The van der Waals surface area contributed by atoms with Gasteiger partial charge in [0.05, 0.1) is 13.0 Å². The lowest BCUT2D eigenvalue weighted by Gasteiger charge is -2.18. The first-order chi connectivity index (χ1) is 9.43. The summed E-state index contributed by atoms with van der Waals surface area (Å²) < 4.78 is 5.04. The number of nitrogens with one attached hydrogen (secondary N) is 1. The first kappa shape index (κ1) is 16.2. The van der Waals surface area contributed by atoms with E-state index in [1.54, 1.807) is 21.0 Å². The van der Waals surface area contributed by atoms with Crippen LogP contribution in [0.15, 0.2) is 24.3 Å². The summed E-state index contributed by atoms with van der Waals surface area (Å²) in [6.07, 6.45) is 0.161. The highest BCUT2D eigenvalue weighted by molar-refractivity contribution is 5.85. The number of methoxy groups -OCH3 is 1. The minimum Gasteiger partial charge on any atom is -0.480 e. The van der Waals surface area contributed by atoms with Gasteiger partial charge in [-0.25, -0.2) is 4.79 Å². The van der Waals surface area contributed by atoms with Crippen molar-refractivity contribution < 1.29 is 19.4 Å². The van der Waals surface area contributed by atoms with Crippen molar-refractivity contribution in [2.24, 2.45) is 5.92 Å². The Morgan fingerprint density at radius 1 is 1.30 bits per heavy atom. The van der Waals surface area contributed by atoms with Crippen LogP contribution in [-0.2, 0) is 27.4 Å². The number of carbonyl (C=O) groups is 2. The third kappa shape index (κ3) is 5.01. The molecule has 0 aliphatic carbocycles. The quantitative estimate of drug-likeness (QED) is 0.795. The van der Waals surface area contributed by atoms with E-state index in [9.17, 15) is 9.59 Å². The van der Waals surface area contributed by atoms with Gasteiger partial charge in [0.25, 0.3) is 0 Å². The van der Waals surface area contributed by atoms with Gasteiger partial charge in [-0.2, -0.15) is 0 Å². The number of carbonyl (C=O) groups excluding carboxylic acids is 1. The predicted octanol–water partition coefficient (Wildman–Crippen LogP) is 1.60. The molecule has 0 aromatic heterocycles. The molecule has 0 aliphatic heterocycles. The highest BCUT2D eigenvalue weighted by atomic mass is 16.5. The van der Waals surface area contributed by atoms with Crippen molar-refractivity contribution in [1.29, 1.82) is 0 Å². The topological polar surface area (TPSA) is 75.6 Å². The summed E-state index contributed by atoms with van der Waals surface area (Å²) in [4.78, 5) is 22.9. The molecule has 0 heterocycles. The van der Waals surface area contributed by atoms with E-state index in [-0.39, 0.29) is 18.2 Å². The molecule has 0 fully saturated rings. The Labute approximate surface area is 118 Å². The van der Waals surface area contributed by atoms with Gasteiger partial charge in [-0.05, 0) is 17.0 Å². The molecule has 0 spiro atoms. The van der Waals surface area contributed by atoms with Crippen molar-refractivity contribution in [2.75, 3.05) is 7.11 Å². The Hall–Kier alpha value is -1.88. The van der Waals surface area contributed by atoms with Crippen LogP contribution < -0.4 is 5.32 Å². The molecule has 2 N–H and O–H groups in total. The van der Waals surface area contributed by atoms with Gasteiger partial charge in [-0.1, -0.05) is 38.1 Å². The molecule has 20 heavy (non-hydrogen) atoms. The monoisotopic (exact) mass is 279 g/mol. The van der Waals surface area contributed by atoms with Crippen molar-refractivity contribution >= 4 is 11.9 Å². The van der Waals surface area contributed by atoms with Crippen LogP contribution in [0.25, 0.3) is 0 Å². The Morgan fingerprint density at radius 2 is 1.95 bits per heavy atom. The summed E-state index contributed by atoms with van der Waals surface area (Å²) in [6.45, 7) is 4.01. The normalized spacial score (nSPS) is 12.2. The molecule has 1 aromatic carbocycles. The highest BCUT2D eigenvalue weighted by Gasteiger charge is 2.23. The number of benzene rings is 1. The number of amides is 1. The summed E-state index contributed by atoms with van der Waals surface area (Å²) in [6, 6.07) is 6.63. The first-order valence-corrected chi connectivity index (χ1v) is 6.53. The van der Waals surface area contributed by atoms with Crippen molar-refractivity contribution in [2.45, 2.75) is 32.9 Å². The van der Waals surface area contributed by atoms with E-state index in [4.69, 9.17) is 9.84 Å². The molecular weight excluding hydrogens is 258 g/mol. The fourth-order valence-corrected chi connectivity index (χ4v) is 1.92. The molecule has 0 saturated carbocycles. The molecular formula is C15H21NO4. The first-order valence-electron chi connectivity index (χ1n) is 6.53.